The summed E-state index contributed by atoms with van der Waals surface area (Å²) in [6.07, 6.45) is -5.08. The molecule has 4 rings (SSSR count). The first kappa shape index (κ1) is 26.2. The lowest BCUT2D eigenvalue weighted by Crippen LogP contribution is -2.44. The summed E-state index contributed by atoms with van der Waals surface area (Å²) >= 11 is 12.4. The van der Waals surface area contributed by atoms with Crippen molar-refractivity contribution in [3.8, 4) is 5.75 Å². The monoisotopic (exact) mass is 541 g/mol. The van der Waals surface area contributed by atoms with Crippen LogP contribution < -0.4 is 19.3 Å². The Morgan fingerprint density at radius 3 is 2.09 bits per heavy atom. The minimum Gasteiger partial charge on any atom is -0.487 e. The molecule has 34 heavy (non-hydrogen) atoms. The normalized spacial score (nSPS) is 16.1. The zero-order valence-corrected chi connectivity index (χ0v) is 19.8. The van der Waals surface area contributed by atoms with E-state index in [0.29, 0.717) is 11.4 Å². The van der Waals surface area contributed by atoms with Crippen molar-refractivity contribution in [2.75, 3.05) is 48.5 Å². The molecule has 2 aliphatic rings. The highest BCUT2D eigenvalue weighted by Gasteiger charge is 2.38. The first-order valence-corrected chi connectivity index (χ1v) is 12.1. The van der Waals surface area contributed by atoms with Crippen LogP contribution in [0.1, 0.15) is 0 Å². The molecular weight excluding hydrogens is 522 g/mol. The summed E-state index contributed by atoms with van der Waals surface area (Å²) < 4.78 is 65.7. The van der Waals surface area contributed by atoms with Crippen LogP contribution in [0.3, 0.4) is 0 Å². The quantitative estimate of drug-likeness (QED) is 0.612. The topological polar surface area (TPSA) is 99.2 Å². The van der Waals surface area contributed by atoms with E-state index in [0.717, 1.165) is 31.9 Å². The van der Waals surface area contributed by atoms with E-state index in [4.69, 9.17) is 37.8 Å². The summed E-state index contributed by atoms with van der Waals surface area (Å²) in [4.78, 5) is 11.0. The van der Waals surface area contributed by atoms with E-state index in [-0.39, 0.29) is 28.1 Å². The molecule has 1 fully saturated rings. The van der Waals surface area contributed by atoms with Crippen LogP contribution in [-0.4, -0.2) is 65.0 Å². The van der Waals surface area contributed by atoms with Crippen LogP contribution in [0, 0.1) is 0 Å². The molecule has 186 valence electrons. The Kier molecular flexibility index (Phi) is 8.06. The maximum Gasteiger partial charge on any atom is 0.490 e. The number of halogens is 5. The number of carboxylic acids is 1. The van der Waals surface area contributed by atoms with Crippen molar-refractivity contribution in [3.05, 3.63) is 46.4 Å². The van der Waals surface area contributed by atoms with E-state index in [1.165, 1.54) is 16.4 Å². The number of para-hydroxylation sites is 1. The Balaban J connectivity index is 0.000000406. The van der Waals surface area contributed by atoms with Crippen LogP contribution in [-0.2, 0) is 14.8 Å². The summed E-state index contributed by atoms with van der Waals surface area (Å²) in [5.74, 6) is -2.18. The number of fused-ring (bicyclic) bond motifs is 1. The molecule has 2 heterocycles. The minimum atomic E-state index is -5.08. The van der Waals surface area contributed by atoms with Gasteiger partial charge in [-0.05, 0) is 24.3 Å². The molecule has 14 heteroatoms. The lowest BCUT2D eigenvalue weighted by molar-refractivity contribution is -0.192. The van der Waals surface area contributed by atoms with E-state index in [9.17, 15) is 21.6 Å². The number of aliphatic carboxylic acids is 1. The zero-order valence-electron chi connectivity index (χ0n) is 17.5. The number of alkyl halides is 3. The molecule has 8 nitrogen and oxygen atoms in total. The molecule has 0 atom stereocenters. The Labute approximate surface area is 203 Å². The fraction of sp³-hybridized carbons (Fsp3) is 0.350. The van der Waals surface area contributed by atoms with Crippen molar-refractivity contribution < 1.29 is 36.2 Å². The van der Waals surface area contributed by atoms with E-state index >= 15 is 0 Å². The molecule has 2 aromatic carbocycles. The summed E-state index contributed by atoms with van der Waals surface area (Å²) in [6.45, 7) is 3.88. The van der Waals surface area contributed by atoms with Gasteiger partial charge in [0.05, 0.1) is 28.0 Å². The number of hydrogen-bond acceptors (Lipinski definition) is 6. The Hall–Kier alpha value is -2.41. The van der Waals surface area contributed by atoms with E-state index in [2.05, 4.69) is 10.2 Å². The van der Waals surface area contributed by atoms with Gasteiger partial charge in [-0.3, -0.25) is 4.31 Å². The number of sulfonamides is 1. The first-order chi connectivity index (χ1) is 15.9. The second-order valence-electron chi connectivity index (χ2n) is 7.14. The highest BCUT2D eigenvalue weighted by molar-refractivity contribution is 7.93. The number of anilines is 2. The van der Waals surface area contributed by atoms with Crippen molar-refractivity contribution in [2.45, 2.75) is 11.1 Å². The van der Waals surface area contributed by atoms with E-state index < -0.39 is 22.2 Å². The smallest absolute Gasteiger partial charge is 0.487 e. The summed E-state index contributed by atoms with van der Waals surface area (Å²) in [5, 5.41) is 10.6. The number of nitrogens with one attached hydrogen (secondary N) is 1. The summed E-state index contributed by atoms with van der Waals surface area (Å²) in [5.41, 5.74) is 1.41. The van der Waals surface area contributed by atoms with Crippen molar-refractivity contribution >= 4 is 50.6 Å². The predicted octanol–water partition coefficient (Wildman–Crippen LogP) is 3.62. The third-order valence-electron chi connectivity index (χ3n) is 4.95. The molecule has 0 aliphatic carbocycles. The largest absolute Gasteiger partial charge is 0.490 e. The Morgan fingerprint density at radius 2 is 1.53 bits per heavy atom. The van der Waals surface area contributed by atoms with Gasteiger partial charge in [-0.25, -0.2) is 13.2 Å². The number of carboxylic acid groups (broad SMARTS) is 1. The Morgan fingerprint density at radius 1 is 1.00 bits per heavy atom. The average molecular weight is 542 g/mol. The van der Waals surface area contributed by atoms with Gasteiger partial charge in [0.15, 0.2) is 5.75 Å². The zero-order chi connectivity index (χ0) is 25.1. The number of carbonyl (C=O) groups is 1. The summed E-state index contributed by atoms with van der Waals surface area (Å²) in [7, 11) is -3.93. The predicted molar refractivity (Wildman–Crippen MR) is 122 cm³/mol. The lowest BCUT2D eigenvalue weighted by atomic mass is 10.2. The second kappa shape index (κ2) is 10.5. The molecule has 1 saturated heterocycles. The van der Waals surface area contributed by atoms with Gasteiger partial charge in [0.2, 0.25) is 0 Å². The molecule has 2 N–H and O–H groups in total. The third kappa shape index (κ3) is 5.62. The summed E-state index contributed by atoms with van der Waals surface area (Å²) in [6, 6.07) is 10.2. The molecule has 0 saturated carbocycles. The van der Waals surface area contributed by atoms with Crippen molar-refractivity contribution in [3.63, 3.8) is 0 Å². The first-order valence-electron chi connectivity index (χ1n) is 9.93. The Bertz CT molecular complexity index is 1140. The molecule has 2 aliphatic heterocycles. The van der Waals surface area contributed by atoms with Crippen LogP contribution in [0.15, 0.2) is 41.3 Å². The van der Waals surface area contributed by atoms with Crippen LogP contribution in [0.4, 0.5) is 24.5 Å². The van der Waals surface area contributed by atoms with Crippen molar-refractivity contribution in [1.29, 1.82) is 0 Å². The maximum absolute atomic E-state index is 13.4. The molecule has 0 bridgehead atoms. The van der Waals surface area contributed by atoms with Gasteiger partial charge < -0.3 is 20.1 Å². The van der Waals surface area contributed by atoms with Gasteiger partial charge in [-0.15, -0.1) is 0 Å². The van der Waals surface area contributed by atoms with Crippen LogP contribution >= 0.6 is 23.2 Å². The van der Waals surface area contributed by atoms with Crippen molar-refractivity contribution in [1.82, 2.24) is 5.32 Å². The molecule has 0 unspecified atom stereocenters. The van der Waals surface area contributed by atoms with E-state index in [1.807, 2.05) is 12.1 Å². The van der Waals surface area contributed by atoms with Gasteiger partial charge in [-0.1, -0.05) is 35.3 Å². The fourth-order valence-corrected chi connectivity index (χ4v) is 6.00. The van der Waals surface area contributed by atoms with Gasteiger partial charge in [0.25, 0.3) is 10.0 Å². The minimum absolute atomic E-state index is 0.0752. The third-order valence-corrected chi connectivity index (χ3v) is 7.72. The highest BCUT2D eigenvalue weighted by atomic mass is 35.5. The molecular formula is C20H20Cl2F3N3O5S. The van der Waals surface area contributed by atoms with Gasteiger partial charge >= 0.3 is 12.1 Å². The molecule has 0 aromatic heterocycles. The molecule has 0 spiro atoms. The van der Waals surface area contributed by atoms with Gasteiger partial charge in [0.1, 0.15) is 11.5 Å². The number of nitrogens with zero attached hydrogens (tertiary/aromatic N) is 2. The van der Waals surface area contributed by atoms with Crippen LogP contribution in [0.5, 0.6) is 5.75 Å². The van der Waals surface area contributed by atoms with Gasteiger partial charge in [-0.2, -0.15) is 13.2 Å². The number of benzene rings is 2. The van der Waals surface area contributed by atoms with E-state index in [1.54, 1.807) is 12.1 Å². The average Bonchev–Trinajstić information content (AvgIpc) is 2.78. The molecule has 2 aromatic rings. The molecule has 0 radical (unpaired) electrons. The SMILES string of the molecule is O=C(O)C(F)(F)F.O=S(=O)(c1c(Cl)cccc1Cl)N1CCOc2c(N3CCNCC3)cccc21. The standard InChI is InChI=1S/C18H19Cl2N3O3S.C2HF3O2/c19-13-3-1-4-14(20)18(13)27(24,25)23-11-12-26-17-15(5-2-6-16(17)23)22-9-7-21-8-10-22;3-2(4,5)1(6)7/h1-6,21H,7-12H2;(H,6,7). The fourth-order valence-electron chi connectivity index (χ4n) is 3.45. The highest BCUT2D eigenvalue weighted by Crippen LogP contribution is 2.44. The number of hydrogen-bond donors (Lipinski definition) is 2. The van der Waals surface area contributed by atoms with Crippen LogP contribution in [0.2, 0.25) is 10.0 Å². The van der Waals surface area contributed by atoms with Gasteiger partial charge in [0, 0.05) is 26.2 Å². The number of ether oxygens (including phenoxy) is 1. The second-order valence-corrected chi connectivity index (χ2v) is 9.76. The van der Waals surface area contributed by atoms with Crippen molar-refractivity contribution in [2.24, 2.45) is 0 Å². The number of rotatable bonds is 3. The number of piperazine rings is 1. The lowest BCUT2D eigenvalue weighted by Gasteiger charge is -2.36. The molecule has 0 amide bonds. The van der Waals surface area contributed by atoms with Crippen LogP contribution in [0.25, 0.3) is 0 Å². The maximum atomic E-state index is 13.4.